The Morgan fingerprint density at radius 1 is 1.33 bits per heavy atom. The third-order valence-electron chi connectivity index (χ3n) is 2.29. The maximum absolute atomic E-state index is 9.04. The summed E-state index contributed by atoms with van der Waals surface area (Å²) < 4.78 is 11.9. The van der Waals surface area contributed by atoms with Gasteiger partial charge in [0, 0.05) is 16.1 Å². The van der Waals surface area contributed by atoms with E-state index in [0.717, 1.165) is 15.8 Å². The first-order valence-corrected chi connectivity index (χ1v) is 6.28. The van der Waals surface area contributed by atoms with Gasteiger partial charge in [-0.3, -0.25) is 0 Å². The third-order valence-corrected chi connectivity index (χ3v) is 3.03. The van der Waals surface area contributed by atoms with Crippen LogP contribution in [0.2, 0.25) is 0 Å². The second-order valence-corrected chi connectivity index (χ2v) is 4.37. The molecule has 2 rings (SSSR count). The van der Waals surface area contributed by atoms with Crippen molar-refractivity contribution in [2.75, 3.05) is 6.61 Å². The predicted octanol–water partition coefficient (Wildman–Crippen LogP) is 2.86. The third kappa shape index (κ3) is 2.95. The zero-order valence-corrected chi connectivity index (χ0v) is 11.4. The Morgan fingerprint density at radius 3 is 2.83 bits per heavy atom. The molecule has 1 aromatic carbocycles. The lowest BCUT2D eigenvalue weighted by Gasteiger charge is -2.11. The standard InChI is InChI=1S/C12H13BrN2O3/c1-2-17-11-5-3-4-10(13)9(11)8-18-12-6-7-15(16)14-12/h3-7,16H,2,8H2,1H3. The normalized spacial score (nSPS) is 10.3. The molecular formula is C12H13BrN2O3. The van der Waals surface area contributed by atoms with Crippen LogP contribution in [0, 0.1) is 0 Å². The molecule has 0 unspecified atom stereocenters. The number of nitrogens with zero attached hydrogens (tertiary/aromatic N) is 2. The maximum atomic E-state index is 9.04. The lowest BCUT2D eigenvalue weighted by atomic mass is 10.2. The molecule has 18 heavy (non-hydrogen) atoms. The van der Waals surface area contributed by atoms with Gasteiger partial charge in [-0.2, -0.15) is 0 Å². The number of hydrogen-bond acceptors (Lipinski definition) is 4. The highest BCUT2D eigenvalue weighted by Gasteiger charge is 2.09. The Labute approximate surface area is 113 Å². The quantitative estimate of drug-likeness (QED) is 0.863. The van der Waals surface area contributed by atoms with Crippen LogP contribution in [-0.2, 0) is 6.61 Å². The highest BCUT2D eigenvalue weighted by Crippen LogP contribution is 2.28. The predicted molar refractivity (Wildman–Crippen MR) is 69.1 cm³/mol. The van der Waals surface area contributed by atoms with Crippen LogP contribution < -0.4 is 9.47 Å². The molecule has 5 nitrogen and oxygen atoms in total. The van der Waals surface area contributed by atoms with E-state index in [1.54, 1.807) is 6.07 Å². The van der Waals surface area contributed by atoms with Gasteiger partial charge >= 0.3 is 0 Å². The van der Waals surface area contributed by atoms with E-state index in [4.69, 9.17) is 14.7 Å². The van der Waals surface area contributed by atoms with Crippen molar-refractivity contribution in [2.45, 2.75) is 13.5 Å². The van der Waals surface area contributed by atoms with Crippen molar-refractivity contribution in [1.82, 2.24) is 9.94 Å². The molecular weight excluding hydrogens is 300 g/mol. The Balaban J connectivity index is 2.12. The molecule has 0 aliphatic carbocycles. The van der Waals surface area contributed by atoms with E-state index in [-0.39, 0.29) is 0 Å². The van der Waals surface area contributed by atoms with E-state index in [1.807, 2.05) is 25.1 Å². The molecule has 0 radical (unpaired) electrons. The summed E-state index contributed by atoms with van der Waals surface area (Å²) in [6.45, 7) is 2.83. The maximum Gasteiger partial charge on any atom is 0.236 e. The van der Waals surface area contributed by atoms with E-state index in [0.29, 0.717) is 23.9 Å². The summed E-state index contributed by atoms with van der Waals surface area (Å²) in [6.07, 6.45) is 1.40. The second kappa shape index (κ2) is 5.77. The molecule has 0 atom stereocenters. The number of benzene rings is 1. The van der Waals surface area contributed by atoms with Crippen molar-refractivity contribution < 1.29 is 14.7 Å². The molecule has 6 heteroatoms. The Bertz CT molecular complexity index is 528. The molecule has 96 valence electrons. The summed E-state index contributed by atoms with van der Waals surface area (Å²) in [5, 5.41) is 12.8. The lowest BCUT2D eigenvalue weighted by molar-refractivity contribution is 0.141. The Morgan fingerprint density at radius 2 is 2.17 bits per heavy atom. The van der Waals surface area contributed by atoms with E-state index in [9.17, 15) is 0 Å². The topological polar surface area (TPSA) is 56.5 Å². The van der Waals surface area contributed by atoms with E-state index < -0.39 is 0 Å². The first-order valence-electron chi connectivity index (χ1n) is 5.48. The molecule has 0 saturated heterocycles. The van der Waals surface area contributed by atoms with Crippen LogP contribution in [0.25, 0.3) is 0 Å². The minimum atomic E-state index is 0.313. The minimum absolute atomic E-state index is 0.313. The van der Waals surface area contributed by atoms with Gasteiger partial charge in [-0.05, 0) is 19.1 Å². The number of hydrogen-bond donors (Lipinski definition) is 1. The van der Waals surface area contributed by atoms with Crippen molar-refractivity contribution in [3.63, 3.8) is 0 Å². The largest absolute Gasteiger partial charge is 0.493 e. The highest BCUT2D eigenvalue weighted by atomic mass is 79.9. The fraction of sp³-hybridized carbons (Fsp3) is 0.250. The van der Waals surface area contributed by atoms with Crippen LogP contribution in [0.1, 0.15) is 12.5 Å². The monoisotopic (exact) mass is 312 g/mol. The van der Waals surface area contributed by atoms with Crippen molar-refractivity contribution in [3.8, 4) is 11.6 Å². The van der Waals surface area contributed by atoms with Crippen LogP contribution in [0.5, 0.6) is 11.6 Å². The van der Waals surface area contributed by atoms with Crippen molar-refractivity contribution in [3.05, 3.63) is 40.5 Å². The van der Waals surface area contributed by atoms with Crippen molar-refractivity contribution in [2.24, 2.45) is 0 Å². The first-order chi connectivity index (χ1) is 8.70. The molecule has 0 saturated carbocycles. The van der Waals surface area contributed by atoms with Crippen LogP contribution in [-0.4, -0.2) is 21.8 Å². The van der Waals surface area contributed by atoms with Gasteiger partial charge in [-0.15, -0.1) is 4.85 Å². The molecule has 1 N–H and O–H groups in total. The van der Waals surface area contributed by atoms with E-state index in [2.05, 4.69) is 21.0 Å². The van der Waals surface area contributed by atoms with Gasteiger partial charge in [-0.1, -0.05) is 27.1 Å². The Hall–Kier alpha value is -1.69. The van der Waals surface area contributed by atoms with Crippen LogP contribution in [0.4, 0.5) is 0 Å². The molecule has 0 aliphatic heterocycles. The molecule has 0 spiro atoms. The number of halogens is 1. The number of rotatable bonds is 5. The van der Waals surface area contributed by atoms with Gasteiger partial charge < -0.3 is 14.7 Å². The first kappa shape index (κ1) is 12.8. The summed E-state index contributed by atoms with van der Waals surface area (Å²) in [5.41, 5.74) is 0.909. The van der Waals surface area contributed by atoms with Gasteiger partial charge in [0.25, 0.3) is 0 Å². The summed E-state index contributed by atoms with van der Waals surface area (Å²) in [4.78, 5) is 0.707. The summed E-state index contributed by atoms with van der Waals surface area (Å²) in [7, 11) is 0. The van der Waals surface area contributed by atoms with Gasteiger partial charge in [-0.25, -0.2) is 0 Å². The molecule has 0 bridgehead atoms. The number of aromatic nitrogens is 2. The van der Waals surface area contributed by atoms with Gasteiger partial charge in [0.1, 0.15) is 12.4 Å². The van der Waals surface area contributed by atoms with Gasteiger partial charge in [0.15, 0.2) is 0 Å². The van der Waals surface area contributed by atoms with Crippen LogP contribution in [0.3, 0.4) is 0 Å². The molecule has 1 heterocycles. The highest BCUT2D eigenvalue weighted by molar-refractivity contribution is 9.10. The fourth-order valence-corrected chi connectivity index (χ4v) is 1.95. The zero-order valence-electron chi connectivity index (χ0n) is 9.84. The molecule has 0 fully saturated rings. The molecule has 0 amide bonds. The van der Waals surface area contributed by atoms with Gasteiger partial charge in [0.2, 0.25) is 5.88 Å². The number of ether oxygens (including phenoxy) is 2. The van der Waals surface area contributed by atoms with Gasteiger partial charge in [0.05, 0.1) is 12.8 Å². The smallest absolute Gasteiger partial charge is 0.236 e. The van der Waals surface area contributed by atoms with Crippen molar-refractivity contribution in [1.29, 1.82) is 0 Å². The average molecular weight is 313 g/mol. The van der Waals surface area contributed by atoms with Crippen molar-refractivity contribution >= 4 is 15.9 Å². The molecule has 0 aliphatic rings. The summed E-state index contributed by atoms with van der Waals surface area (Å²) >= 11 is 3.46. The zero-order chi connectivity index (χ0) is 13.0. The lowest BCUT2D eigenvalue weighted by Crippen LogP contribution is -2.02. The van der Waals surface area contributed by atoms with Crippen LogP contribution >= 0.6 is 15.9 Å². The summed E-state index contributed by atoms with van der Waals surface area (Å²) in [6, 6.07) is 7.29. The molecule has 1 aromatic heterocycles. The SMILES string of the molecule is CCOc1cccc(Br)c1COc1ccn(O)n1. The second-order valence-electron chi connectivity index (χ2n) is 3.51. The minimum Gasteiger partial charge on any atom is -0.493 e. The fourth-order valence-electron chi connectivity index (χ4n) is 1.49. The average Bonchev–Trinajstić information content (AvgIpc) is 2.75. The Kier molecular flexibility index (Phi) is 4.09. The van der Waals surface area contributed by atoms with E-state index in [1.165, 1.54) is 6.20 Å². The van der Waals surface area contributed by atoms with E-state index >= 15 is 0 Å². The van der Waals surface area contributed by atoms with Crippen LogP contribution in [0.15, 0.2) is 34.9 Å². The molecule has 2 aromatic rings. The summed E-state index contributed by atoms with van der Waals surface area (Å²) in [5.74, 6) is 1.13.